The molecule has 1 aromatic carbocycles. The van der Waals surface area contributed by atoms with Gasteiger partial charge >= 0.3 is 6.18 Å². The maximum absolute atomic E-state index is 13.7. The van der Waals surface area contributed by atoms with Crippen molar-refractivity contribution in [2.24, 2.45) is 4.99 Å². The van der Waals surface area contributed by atoms with Crippen molar-refractivity contribution in [3.63, 3.8) is 0 Å². The van der Waals surface area contributed by atoms with Crippen molar-refractivity contribution in [1.29, 1.82) is 0 Å². The summed E-state index contributed by atoms with van der Waals surface area (Å²) in [4.78, 5) is 18.1. The van der Waals surface area contributed by atoms with Gasteiger partial charge in [0.25, 0.3) is 0 Å². The molecule has 0 spiro atoms. The molecular formula is C21H32F3N5O2. The minimum absolute atomic E-state index is 0.0365. The number of morpholine rings is 1. The van der Waals surface area contributed by atoms with E-state index < -0.39 is 11.7 Å². The van der Waals surface area contributed by atoms with Crippen LogP contribution in [-0.4, -0.2) is 56.8 Å². The molecule has 0 atom stereocenters. The van der Waals surface area contributed by atoms with E-state index in [2.05, 4.69) is 20.9 Å². The van der Waals surface area contributed by atoms with Gasteiger partial charge in [-0.05, 0) is 45.4 Å². The van der Waals surface area contributed by atoms with Gasteiger partial charge < -0.3 is 25.6 Å². The fraction of sp³-hybridized carbons (Fsp3) is 0.619. The molecule has 0 aromatic heterocycles. The summed E-state index contributed by atoms with van der Waals surface area (Å²) < 4.78 is 46.4. The Morgan fingerprint density at radius 2 is 1.84 bits per heavy atom. The summed E-state index contributed by atoms with van der Waals surface area (Å²) in [7, 11) is 0. The zero-order chi connectivity index (χ0) is 23.1. The third kappa shape index (κ3) is 8.28. The molecule has 7 nitrogen and oxygen atoms in total. The molecule has 0 bridgehead atoms. The number of carbonyl (C=O) groups excluding carboxylic acids is 1. The molecule has 10 heteroatoms. The molecular weight excluding hydrogens is 411 g/mol. The fourth-order valence-electron chi connectivity index (χ4n) is 3.12. The highest BCUT2D eigenvalue weighted by atomic mass is 19.4. The Morgan fingerprint density at radius 3 is 2.42 bits per heavy atom. The second-order valence-corrected chi connectivity index (χ2v) is 8.29. The SMILES string of the molecule is CCNC(=NCc1ccc(N2CCOCC2)cc1C(F)(F)F)NCC(=O)NC(C)(C)C. The minimum Gasteiger partial charge on any atom is -0.378 e. The Bertz CT molecular complexity index is 769. The molecule has 0 aliphatic carbocycles. The number of hydrogen-bond donors (Lipinski definition) is 3. The fourth-order valence-corrected chi connectivity index (χ4v) is 3.12. The second kappa shape index (κ2) is 10.7. The first-order valence-corrected chi connectivity index (χ1v) is 10.4. The molecule has 2 rings (SSSR count). The summed E-state index contributed by atoms with van der Waals surface area (Å²) in [6.45, 7) is 9.83. The van der Waals surface area contributed by atoms with Gasteiger partial charge in [0, 0.05) is 30.9 Å². The zero-order valence-electron chi connectivity index (χ0n) is 18.5. The molecule has 0 radical (unpaired) electrons. The zero-order valence-corrected chi connectivity index (χ0v) is 18.5. The number of nitrogens with zero attached hydrogens (tertiary/aromatic N) is 2. The number of alkyl halides is 3. The molecule has 174 valence electrons. The lowest BCUT2D eigenvalue weighted by atomic mass is 10.1. The first-order chi connectivity index (χ1) is 14.5. The van der Waals surface area contributed by atoms with Gasteiger partial charge in [-0.3, -0.25) is 4.79 Å². The quantitative estimate of drug-likeness (QED) is 0.465. The smallest absolute Gasteiger partial charge is 0.378 e. The molecule has 0 saturated carbocycles. The maximum atomic E-state index is 13.7. The predicted molar refractivity (Wildman–Crippen MR) is 115 cm³/mol. The average Bonchev–Trinajstić information content (AvgIpc) is 2.68. The summed E-state index contributed by atoms with van der Waals surface area (Å²) in [6, 6.07) is 4.32. The van der Waals surface area contributed by atoms with Crippen LogP contribution in [0.2, 0.25) is 0 Å². The van der Waals surface area contributed by atoms with Crippen molar-refractivity contribution in [3.05, 3.63) is 29.3 Å². The number of nitrogens with one attached hydrogen (secondary N) is 3. The Morgan fingerprint density at radius 1 is 1.16 bits per heavy atom. The van der Waals surface area contributed by atoms with Crippen LogP contribution in [0.25, 0.3) is 0 Å². The Balaban J connectivity index is 2.15. The summed E-state index contributed by atoms with van der Waals surface area (Å²) in [5.41, 5.74) is -0.493. The van der Waals surface area contributed by atoms with Crippen molar-refractivity contribution < 1.29 is 22.7 Å². The van der Waals surface area contributed by atoms with Crippen LogP contribution in [0.5, 0.6) is 0 Å². The highest BCUT2D eigenvalue weighted by Gasteiger charge is 2.34. The van der Waals surface area contributed by atoms with Crippen molar-refractivity contribution in [2.45, 2.75) is 46.0 Å². The third-order valence-electron chi connectivity index (χ3n) is 4.46. The minimum atomic E-state index is -4.49. The molecule has 31 heavy (non-hydrogen) atoms. The summed E-state index contributed by atoms with van der Waals surface area (Å²) in [5.74, 6) is 0.0425. The van der Waals surface area contributed by atoms with Crippen LogP contribution < -0.4 is 20.9 Å². The molecule has 1 aromatic rings. The number of rotatable bonds is 6. The lowest BCUT2D eigenvalue weighted by Gasteiger charge is -2.29. The summed E-state index contributed by atoms with van der Waals surface area (Å²) in [5, 5.41) is 8.62. The molecule has 1 fully saturated rings. The Labute approximate surface area is 181 Å². The molecule has 1 saturated heterocycles. The van der Waals surface area contributed by atoms with Gasteiger partial charge in [-0.1, -0.05) is 6.07 Å². The van der Waals surface area contributed by atoms with Crippen LogP contribution in [0, 0.1) is 0 Å². The van der Waals surface area contributed by atoms with Gasteiger partial charge in [0.1, 0.15) is 0 Å². The number of ether oxygens (including phenoxy) is 1. The average molecular weight is 444 g/mol. The van der Waals surface area contributed by atoms with Crippen molar-refractivity contribution in [1.82, 2.24) is 16.0 Å². The number of benzene rings is 1. The van der Waals surface area contributed by atoms with Crippen LogP contribution in [0.4, 0.5) is 18.9 Å². The number of anilines is 1. The van der Waals surface area contributed by atoms with Crippen LogP contribution in [0.15, 0.2) is 23.2 Å². The first kappa shape index (κ1) is 24.8. The van der Waals surface area contributed by atoms with Gasteiger partial charge in [-0.2, -0.15) is 13.2 Å². The van der Waals surface area contributed by atoms with Crippen LogP contribution >= 0.6 is 0 Å². The van der Waals surface area contributed by atoms with E-state index in [9.17, 15) is 18.0 Å². The Kier molecular flexibility index (Phi) is 8.55. The number of hydrogen-bond acceptors (Lipinski definition) is 4. The summed E-state index contributed by atoms with van der Waals surface area (Å²) >= 11 is 0. The standard InChI is InChI=1S/C21H32F3N5O2/c1-5-25-19(27-14-18(30)28-20(2,3)4)26-13-15-6-7-16(12-17(15)21(22,23)24)29-8-10-31-11-9-29/h6-7,12H,5,8-11,13-14H2,1-4H3,(H,28,30)(H2,25,26,27). The third-order valence-corrected chi connectivity index (χ3v) is 4.46. The first-order valence-electron chi connectivity index (χ1n) is 10.4. The number of carbonyl (C=O) groups is 1. The highest BCUT2D eigenvalue weighted by molar-refractivity contribution is 5.86. The lowest BCUT2D eigenvalue weighted by Crippen LogP contribution is -2.48. The van der Waals surface area contributed by atoms with Crippen LogP contribution in [0.1, 0.15) is 38.8 Å². The molecule has 0 unspecified atom stereocenters. The van der Waals surface area contributed by atoms with Gasteiger partial charge in [0.15, 0.2) is 5.96 Å². The number of halogens is 3. The van der Waals surface area contributed by atoms with E-state index in [1.807, 2.05) is 32.6 Å². The normalized spacial score (nSPS) is 15.6. The van der Waals surface area contributed by atoms with Gasteiger partial charge in [-0.15, -0.1) is 0 Å². The summed E-state index contributed by atoms with van der Waals surface area (Å²) in [6.07, 6.45) is -4.49. The largest absolute Gasteiger partial charge is 0.416 e. The predicted octanol–water partition coefficient (Wildman–Crippen LogP) is 2.51. The van der Waals surface area contributed by atoms with E-state index in [0.717, 1.165) is 0 Å². The van der Waals surface area contributed by atoms with Gasteiger partial charge in [0.05, 0.1) is 31.9 Å². The van der Waals surface area contributed by atoms with E-state index in [1.54, 1.807) is 6.07 Å². The van der Waals surface area contributed by atoms with Gasteiger partial charge in [0.2, 0.25) is 5.91 Å². The second-order valence-electron chi connectivity index (χ2n) is 8.29. The maximum Gasteiger partial charge on any atom is 0.416 e. The van der Waals surface area contributed by atoms with Crippen molar-refractivity contribution >= 4 is 17.6 Å². The van der Waals surface area contributed by atoms with E-state index in [0.29, 0.717) is 38.5 Å². The van der Waals surface area contributed by atoms with E-state index in [1.165, 1.54) is 12.1 Å². The van der Waals surface area contributed by atoms with E-state index in [-0.39, 0.29) is 36.1 Å². The van der Waals surface area contributed by atoms with Crippen molar-refractivity contribution in [2.75, 3.05) is 44.3 Å². The van der Waals surface area contributed by atoms with Gasteiger partial charge in [-0.25, -0.2) is 4.99 Å². The number of amides is 1. The molecule has 1 amide bonds. The Hall–Kier alpha value is -2.49. The molecule has 3 N–H and O–H groups in total. The number of aliphatic imine (C=N–C) groups is 1. The van der Waals surface area contributed by atoms with E-state index >= 15 is 0 Å². The molecule has 1 heterocycles. The van der Waals surface area contributed by atoms with Crippen LogP contribution in [-0.2, 0) is 22.3 Å². The topological polar surface area (TPSA) is 78.0 Å². The molecule has 1 aliphatic rings. The lowest BCUT2D eigenvalue weighted by molar-refractivity contribution is -0.138. The highest BCUT2D eigenvalue weighted by Crippen LogP contribution is 2.35. The number of guanidine groups is 1. The molecule has 1 aliphatic heterocycles. The monoisotopic (exact) mass is 443 g/mol. The van der Waals surface area contributed by atoms with Crippen LogP contribution in [0.3, 0.4) is 0 Å². The van der Waals surface area contributed by atoms with E-state index in [4.69, 9.17) is 4.74 Å². The van der Waals surface area contributed by atoms with Crippen molar-refractivity contribution in [3.8, 4) is 0 Å².